The molecule has 2 aromatic rings. The summed E-state index contributed by atoms with van der Waals surface area (Å²) in [7, 11) is 1.93. The van der Waals surface area contributed by atoms with Crippen LogP contribution in [0.2, 0.25) is 0 Å². The van der Waals surface area contributed by atoms with Crippen molar-refractivity contribution in [1.82, 2.24) is 9.80 Å². The smallest absolute Gasteiger partial charge is 0.303 e. The highest BCUT2D eigenvalue weighted by atomic mass is 16.6. The Bertz CT molecular complexity index is 1140. The summed E-state index contributed by atoms with van der Waals surface area (Å²) in [6.45, 7) is 7.56. The Balaban J connectivity index is 1.49. The molecule has 0 bridgehead atoms. The molecule has 6 nitrogen and oxygen atoms in total. The molecule has 1 heterocycles. The van der Waals surface area contributed by atoms with Gasteiger partial charge in [-0.1, -0.05) is 55.0 Å². The summed E-state index contributed by atoms with van der Waals surface area (Å²) < 4.78 is 6.27. The van der Waals surface area contributed by atoms with E-state index in [0.29, 0.717) is 25.8 Å². The van der Waals surface area contributed by atoms with Crippen molar-refractivity contribution in [3.63, 3.8) is 0 Å². The lowest BCUT2D eigenvalue weighted by Crippen LogP contribution is -2.68. The van der Waals surface area contributed by atoms with Crippen LogP contribution in [0.1, 0.15) is 69.4 Å². The number of fused-ring (bicyclic) bond motifs is 1. The van der Waals surface area contributed by atoms with Crippen LogP contribution in [-0.4, -0.2) is 65.1 Å². The quantitative estimate of drug-likeness (QED) is 0.231. The predicted molar refractivity (Wildman–Crippen MR) is 155 cm³/mol. The fourth-order valence-electron chi connectivity index (χ4n) is 6.94. The summed E-state index contributed by atoms with van der Waals surface area (Å²) in [5.41, 5.74) is 1.10. The molecule has 1 aliphatic carbocycles. The first kappa shape index (κ1) is 28.9. The number of hydrogen-bond acceptors (Lipinski definition) is 5. The Kier molecular flexibility index (Phi) is 9.49. The van der Waals surface area contributed by atoms with Crippen LogP contribution in [0, 0.1) is 0 Å². The minimum Gasteiger partial charge on any atom is -0.508 e. The molecule has 0 aromatic heterocycles. The number of aromatic hydroxyl groups is 1. The summed E-state index contributed by atoms with van der Waals surface area (Å²) in [5, 5.41) is 10.4. The van der Waals surface area contributed by atoms with Crippen molar-refractivity contribution in [3.05, 3.63) is 78.4 Å². The molecule has 0 spiro atoms. The summed E-state index contributed by atoms with van der Waals surface area (Å²) in [5.74, 6) is 0.0855. The maximum atomic E-state index is 13.3. The van der Waals surface area contributed by atoms with Crippen LogP contribution in [0.25, 0.3) is 0 Å². The van der Waals surface area contributed by atoms with Crippen LogP contribution in [0.4, 0.5) is 0 Å². The number of nitrogens with zero attached hydrogens (tertiary/aromatic N) is 2. The Morgan fingerprint density at radius 2 is 1.92 bits per heavy atom. The number of aryl methyl sites for hydroxylation is 1. The number of esters is 1. The van der Waals surface area contributed by atoms with Crippen molar-refractivity contribution in [2.45, 2.75) is 81.8 Å². The third kappa shape index (κ3) is 6.55. The SMILES string of the molecule is C=CCN1CCC2(c3cccc(O)c3)CC(N(C)C(=O)CCCCCc3ccccc3)CCC2(OC(C)=O)C1. The molecule has 1 N–H and O–H groups in total. The number of phenolic OH excluding ortho intramolecular Hbond substituents is 1. The van der Waals surface area contributed by atoms with E-state index >= 15 is 0 Å². The minimum atomic E-state index is -0.730. The van der Waals surface area contributed by atoms with E-state index in [1.807, 2.05) is 42.3 Å². The van der Waals surface area contributed by atoms with Gasteiger partial charge >= 0.3 is 5.97 Å². The summed E-state index contributed by atoms with van der Waals surface area (Å²) in [4.78, 5) is 30.0. The molecule has 6 heteroatoms. The molecule has 3 unspecified atom stereocenters. The largest absolute Gasteiger partial charge is 0.508 e. The average molecular weight is 533 g/mol. The number of ether oxygens (including phenoxy) is 1. The Morgan fingerprint density at radius 1 is 1.13 bits per heavy atom. The second-order valence-corrected chi connectivity index (χ2v) is 11.4. The first-order valence-corrected chi connectivity index (χ1v) is 14.4. The maximum absolute atomic E-state index is 13.3. The maximum Gasteiger partial charge on any atom is 0.303 e. The normalized spacial score (nSPS) is 24.9. The summed E-state index contributed by atoms with van der Waals surface area (Å²) >= 11 is 0. The van der Waals surface area contributed by atoms with Gasteiger partial charge in [0.1, 0.15) is 11.4 Å². The number of carbonyl (C=O) groups is 2. The van der Waals surface area contributed by atoms with Gasteiger partial charge in [-0.15, -0.1) is 6.58 Å². The third-order valence-electron chi connectivity index (χ3n) is 8.94. The number of piperidine rings is 1. The van der Waals surface area contributed by atoms with Gasteiger partial charge < -0.3 is 14.7 Å². The first-order valence-electron chi connectivity index (χ1n) is 14.4. The number of benzene rings is 2. The van der Waals surface area contributed by atoms with Gasteiger partial charge in [0, 0.05) is 44.9 Å². The molecule has 210 valence electrons. The number of unbranched alkanes of at least 4 members (excludes halogenated alkanes) is 2. The van der Waals surface area contributed by atoms with E-state index in [1.165, 1.54) is 12.5 Å². The molecule has 3 atom stereocenters. The van der Waals surface area contributed by atoms with Gasteiger partial charge in [-0.25, -0.2) is 0 Å². The van der Waals surface area contributed by atoms with Crippen molar-refractivity contribution in [1.29, 1.82) is 0 Å². The van der Waals surface area contributed by atoms with Crippen molar-refractivity contribution < 1.29 is 19.4 Å². The van der Waals surface area contributed by atoms with Crippen molar-refractivity contribution >= 4 is 11.9 Å². The molecule has 0 radical (unpaired) electrons. The van der Waals surface area contributed by atoms with Crippen LogP contribution in [0.5, 0.6) is 5.75 Å². The molecule has 39 heavy (non-hydrogen) atoms. The number of likely N-dealkylation sites (tertiary alicyclic amines) is 1. The Morgan fingerprint density at radius 3 is 2.64 bits per heavy atom. The minimum absolute atomic E-state index is 0.0406. The van der Waals surface area contributed by atoms with Crippen LogP contribution >= 0.6 is 0 Å². The fourth-order valence-corrected chi connectivity index (χ4v) is 6.94. The van der Waals surface area contributed by atoms with E-state index in [2.05, 4.69) is 35.7 Å². The van der Waals surface area contributed by atoms with Gasteiger partial charge in [-0.3, -0.25) is 14.5 Å². The van der Waals surface area contributed by atoms with Crippen molar-refractivity contribution in [2.75, 3.05) is 26.7 Å². The van der Waals surface area contributed by atoms with Crippen LogP contribution in [0.15, 0.2) is 67.3 Å². The van der Waals surface area contributed by atoms with Crippen LogP contribution in [0.3, 0.4) is 0 Å². The lowest BCUT2D eigenvalue weighted by atomic mass is 9.55. The molecular weight excluding hydrogens is 488 g/mol. The van der Waals surface area contributed by atoms with E-state index in [4.69, 9.17) is 4.74 Å². The molecule has 2 aliphatic rings. The zero-order valence-electron chi connectivity index (χ0n) is 23.6. The van der Waals surface area contributed by atoms with Crippen LogP contribution in [-0.2, 0) is 26.2 Å². The highest BCUT2D eigenvalue weighted by Gasteiger charge is 2.61. The van der Waals surface area contributed by atoms with Gasteiger partial charge in [-0.05, 0) is 74.8 Å². The Hall–Kier alpha value is -3.12. The predicted octanol–water partition coefficient (Wildman–Crippen LogP) is 5.64. The van der Waals surface area contributed by atoms with Crippen molar-refractivity contribution in [2.24, 2.45) is 0 Å². The standard InChI is InChI=1S/C33H44N2O4/c1-4-21-35-22-20-32(28-15-11-16-30(37)23-28)24-29(18-19-33(32,25-35)39-26(2)36)34(3)31(38)17-10-6-9-14-27-12-7-5-8-13-27/h4-5,7-8,11-13,15-16,23,29,37H,1,6,9-10,14,17-22,24-25H2,2-3H3. The second-order valence-electron chi connectivity index (χ2n) is 11.4. The number of amides is 1. The second kappa shape index (κ2) is 12.8. The fraction of sp³-hybridized carbons (Fsp3) is 0.515. The van der Waals surface area contributed by atoms with Gasteiger partial charge in [0.25, 0.3) is 0 Å². The van der Waals surface area contributed by atoms with Crippen molar-refractivity contribution in [3.8, 4) is 5.75 Å². The number of hydrogen-bond donors (Lipinski definition) is 1. The topological polar surface area (TPSA) is 70.1 Å². The highest BCUT2D eigenvalue weighted by Crippen LogP contribution is 2.54. The third-order valence-corrected chi connectivity index (χ3v) is 8.94. The number of phenols is 1. The van der Waals surface area contributed by atoms with Crippen LogP contribution < -0.4 is 0 Å². The van der Waals surface area contributed by atoms with E-state index in [0.717, 1.165) is 57.2 Å². The lowest BCUT2D eigenvalue weighted by molar-refractivity contribution is -0.189. The van der Waals surface area contributed by atoms with Gasteiger partial charge in [-0.2, -0.15) is 0 Å². The molecule has 1 saturated carbocycles. The van der Waals surface area contributed by atoms with Gasteiger partial charge in [0.2, 0.25) is 5.91 Å². The molecule has 1 aliphatic heterocycles. The van der Waals surface area contributed by atoms with E-state index in [9.17, 15) is 14.7 Å². The zero-order chi connectivity index (χ0) is 27.9. The summed E-state index contributed by atoms with van der Waals surface area (Å²) in [6, 6.07) is 17.9. The zero-order valence-corrected chi connectivity index (χ0v) is 23.6. The van der Waals surface area contributed by atoms with Gasteiger partial charge in [0.15, 0.2) is 0 Å². The number of rotatable bonds is 11. The first-order chi connectivity index (χ1) is 18.8. The lowest BCUT2D eigenvalue weighted by Gasteiger charge is -2.60. The van der Waals surface area contributed by atoms with Gasteiger partial charge in [0.05, 0.1) is 0 Å². The molecule has 1 saturated heterocycles. The molecule has 2 aromatic carbocycles. The summed E-state index contributed by atoms with van der Waals surface area (Å²) in [6.07, 6.45) is 9.37. The molecular formula is C33H44N2O4. The highest BCUT2D eigenvalue weighted by molar-refractivity contribution is 5.76. The molecule has 4 rings (SSSR count). The average Bonchev–Trinajstić information content (AvgIpc) is 2.92. The number of carbonyl (C=O) groups excluding carboxylic acids is 2. The monoisotopic (exact) mass is 532 g/mol. The molecule has 1 amide bonds. The van der Waals surface area contributed by atoms with E-state index in [-0.39, 0.29) is 23.7 Å². The molecule has 2 fully saturated rings. The Labute approximate surface area is 233 Å². The van der Waals surface area contributed by atoms with E-state index in [1.54, 1.807) is 6.07 Å². The van der Waals surface area contributed by atoms with E-state index < -0.39 is 11.0 Å².